The zero-order chi connectivity index (χ0) is 12.2. The molecule has 4 heteroatoms. The van der Waals surface area contributed by atoms with Crippen LogP contribution in [0.4, 0.5) is 0 Å². The van der Waals surface area contributed by atoms with Crippen molar-refractivity contribution in [2.45, 2.75) is 26.7 Å². The molecule has 0 rings (SSSR count). The van der Waals surface area contributed by atoms with Crippen molar-refractivity contribution < 1.29 is 9.59 Å². The van der Waals surface area contributed by atoms with Crippen LogP contribution in [0.5, 0.6) is 0 Å². The van der Waals surface area contributed by atoms with Crippen LogP contribution < -0.4 is 10.6 Å². The number of carbonyl (C=O) groups is 2. The molecule has 0 aliphatic rings. The van der Waals surface area contributed by atoms with E-state index in [0.717, 1.165) is 0 Å². The molecule has 0 aliphatic heterocycles. The lowest BCUT2D eigenvalue weighted by Crippen LogP contribution is -2.22. The Morgan fingerprint density at radius 3 is 1.56 bits per heavy atom. The van der Waals surface area contributed by atoms with E-state index in [1.54, 1.807) is 13.8 Å². The summed E-state index contributed by atoms with van der Waals surface area (Å²) < 4.78 is 0. The van der Waals surface area contributed by atoms with Crippen molar-refractivity contribution in [2.75, 3.05) is 13.1 Å². The second kappa shape index (κ2) is 9.61. The van der Waals surface area contributed by atoms with Gasteiger partial charge in [-0.3, -0.25) is 9.59 Å². The van der Waals surface area contributed by atoms with E-state index >= 15 is 0 Å². The molecule has 2 amide bonds. The average molecular weight is 220 g/mol. The highest BCUT2D eigenvalue weighted by Crippen LogP contribution is 1.73. The minimum atomic E-state index is -0.0301. The van der Waals surface area contributed by atoms with Crippen molar-refractivity contribution in [3.63, 3.8) is 0 Å². The Labute approximate surface area is 96.2 Å². The Bertz CT molecular complexity index is 317. The summed E-state index contributed by atoms with van der Waals surface area (Å²) in [6.07, 6.45) is 0.910. The summed E-state index contributed by atoms with van der Waals surface area (Å²) in [6, 6.07) is 0. The van der Waals surface area contributed by atoms with Crippen molar-refractivity contribution in [2.24, 2.45) is 0 Å². The number of carbonyl (C=O) groups excluding carboxylic acids is 2. The van der Waals surface area contributed by atoms with E-state index in [1.165, 1.54) is 0 Å². The molecule has 0 spiro atoms. The second-order valence-electron chi connectivity index (χ2n) is 2.86. The van der Waals surface area contributed by atoms with Gasteiger partial charge in [-0.15, -0.1) is 0 Å². The van der Waals surface area contributed by atoms with Gasteiger partial charge in [-0.2, -0.15) is 0 Å². The van der Waals surface area contributed by atoms with Gasteiger partial charge in [0.15, 0.2) is 0 Å². The quantitative estimate of drug-likeness (QED) is 0.657. The van der Waals surface area contributed by atoms with Crippen LogP contribution in [0, 0.1) is 23.7 Å². The predicted octanol–water partition coefficient (Wildman–Crippen LogP) is 0.0456. The fraction of sp³-hybridized carbons (Fsp3) is 0.500. The van der Waals surface area contributed by atoms with E-state index in [4.69, 9.17) is 0 Å². The molecule has 0 bridgehead atoms. The molecule has 0 fully saturated rings. The molecule has 0 saturated heterocycles. The third kappa shape index (κ3) is 8.65. The molecule has 0 saturated carbocycles. The molecule has 0 atom stereocenters. The van der Waals surface area contributed by atoms with Crippen LogP contribution in [0.1, 0.15) is 26.7 Å². The van der Waals surface area contributed by atoms with Gasteiger partial charge in [0.1, 0.15) is 0 Å². The van der Waals surface area contributed by atoms with Gasteiger partial charge < -0.3 is 10.6 Å². The molecular weight excluding hydrogens is 204 g/mol. The van der Waals surface area contributed by atoms with Crippen molar-refractivity contribution in [1.82, 2.24) is 10.6 Å². The van der Waals surface area contributed by atoms with Crippen LogP contribution in [0.2, 0.25) is 0 Å². The number of amides is 2. The monoisotopic (exact) mass is 220 g/mol. The average Bonchev–Trinajstić information content (AvgIpc) is 2.31. The highest BCUT2D eigenvalue weighted by atomic mass is 16.2. The van der Waals surface area contributed by atoms with Crippen LogP contribution in [0.3, 0.4) is 0 Å². The first-order valence-corrected chi connectivity index (χ1v) is 5.19. The molecule has 4 nitrogen and oxygen atoms in total. The standard InChI is InChI=1S/C12H16N2O2/c1-3-11(15)13-9-7-5-6-8-10-14-12(16)4-2/h3-4,9-10H2,1-2H3,(H,13,15)(H,14,16). The molecule has 86 valence electrons. The van der Waals surface area contributed by atoms with Gasteiger partial charge in [-0.25, -0.2) is 0 Å². The van der Waals surface area contributed by atoms with Crippen LogP contribution in [0.15, 0.2) is 0 Å². The Kier molecular flexibility index (Phi) is 8.44. The zero-order valence-electron chi connectivity index (χ0n) is 9.64. The third-order valence-corrected chi connectivity index (χ3v) is 1.63. The van der Waals surface area contributed by atoms with Crippen LogP contribution in [-0.2, 0) is 9.59 Å². The number of hydrogen-bond donors (Lipinski definition) is 2. The van der Waals surface area contributed by atoms with Crippen LogP contribution in [-0.4, -0.2) is 24.9 Å². The maximum atomic E-state index is 10.8. The predicted molar refractivity (Wildman–Crippen MR) is 62.2 cm³/mol. The van der Waals surface area contributed by atoms with E-state index in [0.29, 0.717) is 25.9 Å². The van der Waals surface area contributed by atoms with Gasteiger partial charge in [0.25, 0.3) is 0 Å². The molecule has 16 heavy (non-hydrogen) atoms. The Hall–Kier alpha value is -1.94. The smallest absolute Gasteiger partial charge is 0.220 e. The van der Waals surface area contributed by atoms with E-state index < -0.39 is 0 Å². The fourth-order valence-corrected chi connectivity index (χ4v) is 0.712. The summed E-state index contributed by atoms with van der Waals surface area (Å²) >= 11 is 0. The molecule has 2 N–H and O–H groups in total. The highest BCUT2D eigenvalue weighted by molar-refractivity contribution is 5.76. The van der Waals surface area contributed by atoms with E-state index in [1.807, 2.05) is 0 Å². The van der Waals surface area contributed by atoms with Crippen molar-refractivity contribution in [1.29, 1.82) is 0 Å². The van der Waals surface area contributed by atoms with Gasteiger partial charge >= 0.3 is 0 Å². The van der Waals surface area contributed by atoms with E-state index in [9.17, 15) is 9.59 Å². The normalized spacial score (nSPS) is 7.88. The first-order valence-electron chi connectivity index (χ1n) is 5.19. The first-order chi connectivity index (χ1) is 7.70. The molecule has 0 aliphatic carbocycles. The molecule has 0 aromatic heterocycles. The van der Waals surface area contributed by atoms with Crippen molar-refractivity contribution in [3.8, 4) is 23.7 Å². The molecule has 0 unspecified atom stereocenters. The van der Waals surface area contributed by atoms with Crippen LogP contribution in [0.25, 0.3) is 0 Å². The maximum absolute atomic E-state index is 10.8. The van der Waals surface area contributed by atoms with Crippen molar-refractivity contribution >= 4 is 11.8 Å². The molecule has 0 heterocycles. The fourth-order valence-electron chi connectivity index (χ4n) is 0.712. The number of rotatable bonds is 4. The number of nitrogens with one attached hydrogen (secondary N) is 2. The lowest BCUT2D eigenvalue weighted by Gasteiger charge is -1.94. The van der Waals surface area contributed by atoms with Crippen molar-refractivity contribution in [3.05, 3.63) is 0 Å². The van der Waals surface area contributed by atoms with E-state index in [2.05, 4.69) is 34.3 Å². The molecular formula is C12H16N2O2. The van der Waals surface area contributed by atoms with Gasteiger partial charge in [0, 0.05) is 12.8 Å². The molecule has 0 aromatic carbocycles. The minimum absolute atomic E-state index is 0.0301. The summed E-state index contributed by atoms with van der Waals surface area (Å²) in [7, 11) is 0. The van der Waals surface area contributed by atoms with E-state index in [-0.39, 0.29) is 11.8 Å². The zero-order valence-corrected chi connectivity index (χ0v) is 9.64. The van der Waals surface area contributed by atoms with Crippen LogP contribution >= 0.6 is 0 Å². The van der Waals surface area contributed by atoms with Gasteiger partial charge in [-0.05, 0) is 11.8 Å². The number of hydrogen-bond acceptors (Lipinski definition) is 2. The summed E-state index contributed by atoms with van der Waals surface area (Å²) in [5, 5.41) is 5.20. The summed E-state index contributed by atoms with van der Waals surface area (Å²) in [5.74, 6) is 10.5. The summed E-state index contributed by atoms with van der Waals surface area (Å²) in [4.78, 5) is 21.6. The second-order valence-corrected chi connectivity index (χ2v) is 2.86. The summed E-state index contributed by atoms with van der Waals surface area (Å²) in [6.45, 7) is 4.17. The lowest BCUT2D eigenvalue weighted by atomic mass is 10.4. The SMILES string of the molecule is CCC(=O)NCC#CC#CCNC(=O)CC. The largest absolute Gasteiger partial charge is 0.345 e. The first kappa shape index (κ1) is 14.1. The van der Waals surface area contributed by atoms with Gasteiger partial charge in [0.05, 0.1) is 13.1 Å². The summed E-state index contributed by atoms with van der Waals surface area (Å²) in [5.41, 5.74) is 0. The third-order valence-electron chi connectivity index (χ3n) is 1.63. The Morgan fingerprint density at radius 2 is 1.25 bits per heavy atom. The highest BCUT2D eigenvalue weighted by Gasteiger charge is 1.91. The Balaban J connectivity index is 3.63. The lowest BCUT2D eigenvalue weighted by molar-refractivity contribution is -0.121. The van der Waals surface area contributed by atoms with Gasteiger partial charge in [0.2, 0.25) is 11.8 Å². The molecule has 0 aromatic rings. The minimum Gasteiger partial charge on any atom is -0.345 e. The molecule has 0 radical (unpaired) electrons. The maximum Gasteiger partial charge on any atom is 0.220 e. The Morgan fingerprint density at radius 1 is 0.875 bits per heavy atom. The topological polar surface area (TPSA) is 58.2 Å². The van der Waals surface area contributed by atoms with Gasteiger partial charge in [-0.1, -0.05) is 25.7 Å².